The van der Waals surface area contributed by atoms with E-state index in [2.05, 4.69) is 91.0 Å². The van der Waals surface area contributed by atoms with Crippen LogP contribution in [0.25, 0.3) is 4.13 Å². The minimum Gasteiger partial charge on any atom is -0.425 e. The quantitative estimate of drug-likeness (QED) is 0.310. The SMILES string of the molecule is O=S1(=O)[N-]S(=O)(=O)C(F)(F)C(F)(F)C1(F)F.c1ccc([S+](c2ccccc2)c2ccccc2)cc1. The lowest BCUT2D eigenvalue weighted by molar-refractivity contribution is -0.244. The van der Waals surface area contributed by atoms with Crippen molar-refractivity contribution in [3.05, 3.63) is 95.1 Å². The third-order valence-corrected chi connectivity index (χ3v) is 10.1. The second kappa shape index (κ2) is 9.48. The molecule has 0 spiro atoms. The van der Waals surface area contributed by atoms with Crippen molar-refractivity contribution in [2.45, 2.75) is 31.1 Å². The van der Waals surface area contributed by atoms with Crippen molar-refractivity contribution in [1.29, 1.82) is 0 Å². The topological polar surface area (TPSA) is 82.4 Å². The van der Waals surface area contributed by atoms with Gasteiger partial charge in [0.2, 0.25) is 0 Å². The van der Waals surface area contributed by atoms with Crippen molar-refractivity contribution < 1.29 is 43.2 Å². The van der Waals surface area contributed by atoms with E-state index in [1.165, 1.54) is 14.7 Å². The second-order valence-electron chi connectivity index (χ2n) is 6.88. The summed E-state index contributed by atoms with van der Waals surface area (Å²) in [5, 5.41) is -12.6. The van der Waals surface area contributed by atoms with E-state index in [1.807, 2.05) is 0 Å². The van der Waals surface area contributed by atoms with Gasteiger partial charge in [0.15, 0.2) is 34.7 Å². The number of halogens is 6. The van der Waals surface area contributed by atoms with Crippen LogP contribution in [0.1, 0.15) is 0 Å². The lowest BCUT2D eigenvalue weighted by atomic mass is 10.3. The van der Waals surface area contributed by atoms with E-state index >= 15 is 0 Å². The van der Waals surface area contributed by atoms with Crippen molar-refractivity contribution >= 4 is 30.9 Å². The summed E-state index contributed by atoms with van der Waals surface area (Å²) in [5.41, 5.74) is 0. The van der Waals surface area contributed by atoms with E-state index in [0.717, 1.165) is 4.13 Å². The molecule has 0 aliphatic carbocycles. The Bertz CT molecular complexity index is 1230. The predicted molar refractivity (Wildman–Crippen MR) is 118 cm³/mol. The minimum absolute atomic E-state index is 0.0146. The molecule has 1 heterocycles. The summed E-state index contributed by atoms with van der Waals surface area (Å²) in [5.74, 6) is -6.60. The molecule has 14 heteroatoms. The Hall–Kier alpha value is -2.55. The van der Waals surface area contributed by atoms with Gasteiger partial charge in [-0.15, -0.1) is 0 Å². The predicted octanol–water partition coefficient (Wildman–Crippen LogP) is 5.64. The maximum atomic E-state index is 12.4. The number of nitrogens with zero attached hydrogens (tertiary/aromatic N) is 1. The maximum Gasteiger partial charge on any atom is 0.399 e. The molecule has 1 fully saturated rings. The van der Waals surface area contributed by atoms with Crippen molar-refractivity contribution in [3.63, 3.8) is 0 Å². The lowest BCUT2D eigenvalue weighted by Crippen LogP contribution is -2.64. The third-order valence-electron chi connectivity index (χ3n) is 4.51. The van der Waals surface area contributed by atoms with Crippen LogP contribution in [0.5, 0.6) is 0 Å². The van der Waals surface area contributed by atoms with E-state index in [0.29, 0.717) is 0 Å². The first-order valence-electron chi connectivity index (χ1n) is 9.42. The molecule has 3 aromatic carbocycles. The molecule has 0 saturated carbocycles. The van der Waals surface area contributed by atoms with Gasteiger partial charge >= 0.3 is 16.4 Å². The van der Waals surface area contributed by atoms with E-state index in [-0.39, 0.29) is 10.9 Å². The fourth-order valence-electron chi connectivity index (χ4n) is 2.79. The van der Waals surface area contributed by atoms with Crippen molar-refractivity contribution in [2.24, 2.45) is 0 Å². The van der Waals surface area contributed by atoms with Gasteiger partial charge in [-0.1, -0.05) is 54.6 Å². The van der Waals surface area contributed by atoms with Gasteiger partial charge < -0.3 is 4.13 Å². The zero-order chi connectivity index (χ0) is 26.1. The molecule has 0 aromatic heterocycles. The van der Waals surface area contributed by atoms with Crippen LogP contribution in [0.15, 0.2) is 106 Å². The van der Waals surface area contributed by atoms with Gasteiger partial charge in [0, 0.05) is 0 Å². The Morgan fingerprint density at radius 3 is 1.03 bits per heavy atom. The zero-order valence-electron chi connectivity index (χ0n) is 17.2. The third kappa shape index (κ3) is 4.79. The Balaban J connectivity index is 0.000000199. The van der Waals surface area contributed by atoms with Crippen molar-refractivity contribution in [3.8, 4) is 0 Å². The van der Waals surface area contributed by atoms with E-state index in [1.54, 1.807) is 0 Å². The summed E-state index contributed by atoms with van der Waals surface area (Å²) in [6, 6.07) is 32.2. The van der Waals surface area contributed by atoms with Gasteiger partial charge in [0.05, 0.1) is 10.9 Å². The Kier molecular flexibility index (Phi) is 7.33. The minimum atomic E-state index is -6.60. The van der Waals surface area contributed by atoms with Crippen LogP contribution in [-0.2, 0) is 30.9 Å². The molecule has 0 unspecified atom stereocenters. The van der Waals surface area contributed by atoms with Crippen LogP contribution < -0.4 is 0 Å². The van der Waals surface area contributed by atoms with E-state index in [4.69, 9.17) is 0 Å². The molecular formula is C21H15F6NO4S3. The Labute approximate surface area is 200 Å². The first-order chi connectivity index (χ1) is 16.2. The fraction of sp³-hybridized carbons (Fsp3) is 0.143. The molecule has 0 amide bonds. The molecule has 5 nitrogen and oxygen atoms in total. The molecule has 0 N–H and O–H groups in total. The Morgan fingerprint density at radius 2 is 0.771 bits per heavy atom. The smallest absolute Gasteiger partial charge is 0.399 e. The highest BCUT2D eigenvalue weighted by molar-refractivity contribution is 8.13. The molecule has 35 heavy (non-hydrogen) atoms. The molecule has 0 radical (unpaired) electrons. The first kappa shape index (κ1) is 27.0. The number of alkyl halides is 6. The van der Waals surface area contributed by atoms with Gasteiger partial charge in [-0.05, 0) is 36.4 Å². The molecule has 188 valence electrons. The van der Waals surface area contributed by atoms with Crippen LogP contribution in [0, 0.1) is 0 Å². The molecule has 1 aliphatic rings. The summed E-state index contributed by atoms with van der Waals surface area (Å²) in [7, 11) is -13.2. The van der Waals surface area contributed by atoms with Crippen LogP contribution in [-0.4, -0.2) is 33.3 Å². The highest BCUT2D eigenvalue weighted by Gasteiger charge is 2.81. The largest absolute Gasteiger partial charge is 0.425 e. The average molecular weight is 556 g/mol. The van der Waals surface area contributed by atoms with Gasteiger partial charge in [0.1, 0.15) is 0 Å². The summed E-state index contributed by atoms with van der Waals surface area (Å²) >= 11 is 0. The summed E-state index contributed by atoms with van der Waals surface area (Å²) in [6.07, 6.45) is 0. The van der Waals surface area contributed by atoms with Crippen LogP contribution in [0.3, 0.4) is 0 Å². The standard InChI is InChI=1S/C18H15S.C3F6NO4S2/c1-4-10-16(11-5-1)19(17-12-6-2-7-13-17)18-14-8-3-9-15-18;4-1(5)2(6,7)15(11,12)10-16(13,14)3(1,8)9/h1-15H;/q+1;-1. The number of hydrogen-bond acceptors (Lipinski definition) is 4. The first-order valence-corrected chi connectivity index (χ1v) is 13.5. The normalized spacial score (nSPS) is 20.9. The average Bonchev–Trinajstić information content (AvgIpc) is 2.80. The molecule has 4 rings (SSSR count). The monoisotopic (exact) mass is 555 g/mol. The van der Waals surface area contributed by atoms with Crippen LogP contribution in [0.4, 0.5) is 26.3 Å². The molecule has 3 aromatic rings. The second-order valence-corrected chi connectivity index (χ2v) is 12.4. The number of rotatable bonds is 3. The summed E-state index contributed by atoms with van der Waals surface area (Å²) in [6.45, 7) is 0. The molecule has 0 atom stereocenters. The van der Waals surface area contributed by atoms with Gasteiger partial charge in [-0.25, -0.2) is 16.8 Å². The molecule has 1 saturated heterocycles. The molecule has 1 aliphatic heterocycles. The number of hydrogen-bond donors (Lipinski definition) is 0. The van der Waals surface area contributed by atoms with Crippen LogP contribution >= 0.6 is 0 Å². The number of benzene rings is 3. The maximum absolute atomic E-state index is 12.4. The summed E-state index contributed by atoms with van der Waals surface area (Å²) < 4.78 is 117. The zero-order valence-corrected chi connectivity index (χ0v) is 19.7. The van der Waals surface area contributed by atoms with Gasteiger partial charge in [0.25, 0.3) is 0 Å². The highest BCUT2D eigenvalue weighted by Crippen LogP contribution is 2.57. The lowest BCUT2D eigenvalue weighted by Gasteiger charge is -2.42. The van der Waals surface area contributed by atoms with Gasteiger partial charge in [-0.3, -0.25) is 0 Å². The van der Waals surface area contributed by atoms with Crippen molar-refractivity contribution in [2.75, 3.05) is 0 Å². The molecule has 0 bridgehead atoms. The van der Waals surface area contributed by atoms with Crippen molar-refractivity contribution in [1.82, 2.24) is 0 Å². The fourth-order valence-corrected chi connectivity index (χ4v) is 7.65. The van der Waals surface area contributed by atoms with E-state index in [9.17, 15) is 43.2 Å². The van der Waals surface area contributed by atoms with Crippen LogP contribution in [0.2, 0.25) is 0 Å². The highest BCUT2D eigenvalue weighted by atomic mass is 32.3. The van der Waals surface area contributed by atoms with Gasteiger partial charge in [-0.2, -0.15) is 26.3 Å². The van der Waals surface area contributed by atoms with E-state index < -0.39 is 36.5 Å². The Morgan fingerprint density at radius 1 is 0.514 bits per heavy atom. The summed E-state index contributed by atoms with van der Waals surface area (Å²) in [4.78, 5) is 4.08. The molecular weight excluding hydrogens is 540 g/mol. The number of sulfonamides is 2.